The van der Waals surface area contributed by atoms with Gasteiger partial charge in [-0.1, -0.05) is 0 Å². The predicted octanol–water partition coefficient (Wildman–Crippen LogP) is 1.63. The highest BCUT2D eigenvalue weighted by Gasteiger charge is 2.27. The summed E-state index contributed by atoms with van der Waals surface area (Å²) < 4.78 is 5.03. The summed E-state index contributed by atoms with van der Waals surface area (Å²) in [5, 5.41) is 8.96. The van der Waals surface area contributed by atoms with Crippen molar-refractivity contribution in [1.82, 2.24) is 4.90 Å². The van der Waals surface area contributed by atoms with Gasteiger partial charge in [0, 0.05) is 26.3 Å². The second-order valence-corrected chi connectivity index (χ2v) is 4.30. The van der Waals surface area contributed by atoms with E-state index in [0.717, 1.165) is 32.4 Å². The van der Waals surface area contributed by atoms with E-state index in [1.54, 1.807) is 7.11 Å². The van der Waals surface area contributed by atoms with E-state index in [4.69, 9.17) is 9.84 Å². The van der Waals surface area contributed by atoms with Crippen LogP contribution in [0, 0.1) is 5.92 Å². The first-order valence-electron chi connectivity index (χ1n) is 5.61. The van der Waals surface area contributed by atoms with Gasteiger partial charge in [0.15, 0.2) is 0 Å². The second kappa shape index (κ2) is 7.87. The minimum Gasteiger partial charge on any atom is -0.481 e. The van der Waals surface area contributed by atoms with E-state index in [1.165, 1.54) is 0 Å². The number of piperidine rings is 1. The van der Waals surface area contributed by atoms with E-state index in [2.05, 4.69) is 11.8 Å². The lowest BCUT2D eigenvalue weighted by Gasteiger charge is -2.35. The zero-order valence-electron chi connectivity index (χ0n) is 10.0. The van der Waals surface area contributed by atoms with Crippen LogP contribution in [0.15, 0.2) is 0 Å². The molecule has 0 aliphatic carbocycles. The Labute approximate surface area is 103 Å². The third kappa shape index (κ3) is 4.68. The van der Waals surface area contributed by atoms with Crippen LogP contribution in [0.2, 0.25) is 0 Å². The number of hydrogen-bond acceptors (Lipinski definition) is 3. The Morgan fingerprint density at radius 3 is 2.88 bits per heavy atom. The lowest BCUT2D eigenvalue weighted by atomic mass is 9.96. The number of carboxylic acid groups (broad SMARTS) is 1. The standard InChI is InChI=1S/C11H21NO3.ClH/c1-9(5-7-15-2)12-6-3-4-10(8-12)11(13)14;/h9-10H,3-8H2,1-2H3,(H,13,14);1H. The first kappa shape index (κ1) is 15.7. The van der Waals surface area contributed by atoms with Gasteiger partial charge < -0.3 is 9.84 Å². The predicted molar refractivity (Wildman–Crippen MR) is 65.1 cm³/mol. The maximum Gasteiger partial charge on any atom is 0.307 e. The van der Waals surface area contributed by atoms with E-state index >= 15 is 0 Å². The molecule has 0 aromatic rings. The quantitative estimate of drug-likeness (QED) is 0.807. The third-order valence-electron chi connectivity index (χ3n) is 3.17. The van der Waals surface area contributed by atoms with Gasteiger partial charge in [-0.05, 0) is 32.7 Å². The van der Waals surface area contributed by atoms with Gasteiger partial charge in [-0.15, -0.1) is 12.4 Å². The average molecular weight is 252 g/mol. The molecule has 1 fully saturated rings. The molecule has 96 valence electrons. The molecule has 0 aromatic carbocycles. The molecule has 0 bridgehead atoms. The van der Waals surface area contributed by atoms with Gasteiger partial charge in [0.05, 0.1) is 5.92 Å². The smallest absolute Gasteiger partial charge is 0.307 e. The molecule has 0 saturated carbocycles. The van der Waals surface area contributed by atoms with Crippen LogP contribution in [0.3, 0.4) is 0 Å². The van der Waals surface area contributed by atoms with Crippen LogP contribution in [0.4, 0.5) is 0 Å². The number of halogens is 1. The largest absolute Gasteiger partial charge is 0.481 e. The molecule has 0 amide bonds. The molecule has 0 aromatic heterocycles. The molecule has 2 unspecified atom stereocenters. The van der Waals surface area contributed by atoms with Crippen molar-refractivity contribution in [1.29, 1.82) is 0 Å². The normalized spacial score (nSPS) is 23.5. The molecule has 1 aliphatic heterocycles. The highest BCUT2D eigenvalue weighted by Crippen LogP contribution is 2.19. The van der Waals surface area contributed by atoms with Crippen molar-refractivity contribution in [3.63, 3.8) is 0 Å². The summed E-state index contributed by atoms with van der Waals surface area (Å²) in [6.45, 7) is 4.60. The van der Waals surface area contributed by atoms with Crippen molar-refractivity contribution in [3.05, 3.63) is 0 Å². The van der Waals surface area contributed by atoms with Crippen LogP contribution in [0.25, 0.3) is 0 Å². The monoisotopic (exact) mass is 251 g/mol. The summed E-state index contributed by atoms with van der Waals surface area (Å²) in [6.07, 6.45) is 2.79. The number of likely N-dealkylation sites (tertiary alicyclic amines) is 1. The minimum atomic E-state index is -0.654. The Morgan fingerprint density at radius 2 is 2.31 bits per heavy atom. The Morgan fingerprint density at radius 1 is 1.62 bits per heavy atom. The molecule has 4 nitrogen and oxygen atoms in total. The van der Waals surface area contributed by atoms with Crippen molar-refractivity contribution in [2.45, 2.75) is 32.2 Å². The van der Waals surface area contributed by atoms with Gasteiger partial charge in [0.1, 0.15) is 0 Å². The van der Waals surface area contributed by atoms with Gasteiger partial charge >= 0.3 is 5.97 Å². The number of carbonyl (C=O) groups is 1. The fourth-order valence-electron chi connectivity index (χ4n) is 2.08. The van der Waals surface area contributed by atoms with Crippen LogP contribution >= 0.6 is 12.4 Å². The second-order valence-electron chi connectivity index (χ2n) is 4.30. The van der Waals surface area contributed by atoms with E-state index in [1.807, 2.05) is 0 Å². The van der Waals surface area contributed by atoms with Gasteiger partial charge in [-0.25, -0.2) is 0 Å². The number of aliphatic carboxylic acids is 1. The highest BCUT2D eigenvalue weighted by molar-refractivity contribution is 5.85. The number of methoxy groups -OCH3 is 1. The maximum absolute atomic E-state index is 10.9. The SMILES string of the molecule is COCCC(C)N1CCCC(C(=O)O)C1.Cl. The number of carboxylic acids is 1. The molecule has 1 saturated heterocycles. The molecule has 1 aliphatic rings. The highest BCUT2D eigenvalue weighted by atomic mass is 35.5. The van der Waals surface area contributed by atoms with E-state index < -0.39 is 5.97 Å². The molecule has 2 atom stereocenters. The summed E-state index contributed by atoms with van der Waals surface area (Å²) in [6, 6.07) is 0.423. The molecule has 16 heavy (non-hydrogen) atoms. The molecular weight excluding hydrogens is 230 g/mol. The fraction of sp³-hybridized carbons (Fsp3) is 0.909. The summed E-state index contributed by atoms with van der Waals surface area (Å²) in [7, 11) is 1.70. The molecule has 0 spiro atoms. The van der Waals surface area contributed by atoms with Crippen LogP contribution in [-0.2, 0) is 9.53 Å². The van der Waals surface area contributed by atoms with Crippen LogP contribution in [0.1, 0.15) is 26.2 Å². The van der Waals surface area contributed by atoms with Crippen LogP contribution in [0.5, 0.6) is 0 Å². The lowest BCUT2D eigenvalue weighted by molar-refractivity contribution is -0.143. The summed E-state index contributed by atoms with van der Waals surface area (Å²) >= 11 is 0. The topological polar surface area (TPSA) is 49.8 Å². The van der Waals surface area contributed by atoms with Gasteiger partial charge in [-0.3, -0.25) is 9.69 Å². The summed E-state index contributed by atoms with van der Waals surface area (Å²) in [5.74, 6) is -0.831. The number of nitrogens with zero attached hydrogens (tertiary/aromatic N) is 1. The first-order chi connectivity index (χ1) is 7.15. The van der Waals surface area contributed by atoms with Crippen molar-refractivity contribution in [2.75, 3.05) is 26.8 Å². The Balaban J connectivity index is 0.00000225. The van der Waals surface area contributed by atoms with Crippen molar-refractivity contribution < 1.29 is 14.6 Å². The van der Waals surface area contributed by atoms with Crippen LogP contribution in [-0.4, -0.2) is 48.8 Å². The van der Waals surface area contributed by atoms with E-state index in [9.17, 15) is 4.79 Å². The van der Waals surface area contributed by atoms with Gasteiger partial charge in [-0.2, -0.15) is 0 Å². The lowest BCUT2D eigenvalue weighted by Crippen LogP contribution is -2.43. The van der Waals surface area contributed by atoms with E-state index in [-0.39, 0.29) is 18.3 Å². The number of rotatable bonds is 5. The van der Waals surface area contributed by atoms with Crippen LogP contribution < -0.4 is 0 Å². The van der Waals surface area contributed by atoms with Gasteiger partial charge in [0.2, 0.25) is 0 Å². The number of hydrogen-bond donors (Lipinski definition) is 1. The maximum atomic E-state index is 10.9. The molecule has 0 radical (unpaired) electrons. The molecule has 5 heteroatoms. The van der Waals surface area contributed by atoms with Crippen molar-refractivity contribution in [3.8, 4) is 0 Å². The van der Waals surface area contributed by atoms with Crippen molar-refractivity contribution >= 4 is 18.4 Å². The molecular formula is C11H22ClNO3. The van der Waals surface area contributed by atoms with Gasteiger partial charge in [0.25, 0.3) is 0 Å². The van der Waals surface area contributed by atoms with E-state index in [0.29, 0.717) is 12.6 Å². The van der Waals surface area contributed by atoms with Crippen molar-refractivity contribution in [2.24, 2.45) is 5.92 Å². The molecule has 1 heterocycles. The first-order valence-corrected chi connectivity index (χ1v) is 5.61. The molecule has 1 rings (SSSR count). The minimum absolute atomic E-state index is 0. The Hall–Kier alpha value is -0.320. The summed E-state index contributed by atoms with van der Waals surface area (Å²) in [5.41, 5.74) is 0. The third-order valence-corrected chi connectivity index (χ3v) is 3.17. The number of ether oxygens (including phenoxy) is 1. The Kier molecular flexibility index (Phi) is 7.72. The zero-order valence-corrected chi connectivity index (χ0v) is 10.8. The zero-order chi connectivity index (χ0) is 11.3. The molecule has 1 N–H and O–H groups in total. The summed E-state index contributed by atoms with van der Waals surface area (Å²) in [4.78, 5) is 13.2. The Bertz CT molecular complexity index is 213. The fourth-order valence-corrected chi connectivity index (χ4v) is 2.08. The average Bonchev–Trinajstić information content (AvgIpc) is 2.26.